The number of hydrogen-bond acceptors (Lipinski definition) is 13. The van der Waals surface area contributed by atoms with Gasteiger partial charge in [0, 0.05) is 67.9 Å². The number of anilines is 2. The van der Waals surface area contributed by atoms with Gasteiger partial charge in [-0.2, -0.15) is 13.2 Å². The number of benzene rings is 3. The van der Waals surface area contributed by atoms with Gasteiger partial charge in [0.25, 0.3) is 11.8 Å². The Bertz CT molecular complexity index is 2970. The summed E-state index contributed by atoms with van der Waals surface area (Å²) in [6, 6.07) is 12.9. The smallest absolute Gasteiger partial charge is 0.475 e. The molecule has 1 aliphatic heterocycles. The average molecular weight is 1160 g/mol. The normalized spacial score (nSPS) is 13.6. The van der Waals surface area contributed by atoms with Gasteiger partial charge in [0.1, 0.15) is 42.7 Å². The third-order valence-electron chi connectivity index (χ3n) is 12.0. The number of aliphatic carboxylic acids is 1. The molecule has 10 amide bonds. The van der Waals surface area contributed by atoms with Crippen molar-refractivity contribution < 1.29 is 80.1 Å². The number of carbonyl (C=O) groups is 10. The van der Waals surface area contributed by atoms with Crippen LogP contribution < -0.4 is 43.4 Å². The Hall–Kier alpha value is -9.12. The fourth-order valence-corrected chi connectivity index (χ4v) is 7.96. The molecule has 0 fully saturated rings. The van der Waals surface area contributed by atoms with Crippen LogP contribution in [-0.2, 0) is 49.7 Å². The Morgan fingerprint density at radius 1 is 0.780 bits per heavy atom. The molecular weight excluding hydrogens is 1090 g/mol. The molecule has 1 aromatic heterocycles. The molecule has 29 heteroatoms. The average Bonchev–Trinajstić information content (AvgIpc) is 3.96. The van der Waals surface area contributed by atoms with Crippen molar-refractivity contribution in [2.45, 2.75) is 90.3 Å². The van der Waals surface area contributed by atoms with Crippen molar-refractivity contribution in [2.75, 3.05) is 43.4 Å². The highest BCUT2D eigenvalue weighted by Gasteiger charge is 2.40. The van der Waals surface area contributed by atoms with Crippen LogP contribution in [0.4, 0.5) is 38.1 Å². The van der Waals surface area contributed by atoms with E-state index in [1.165, 1.54) is 36.1 Å². The zero-order valence-electron chi connectivity index (χ0n) is 44.9. The summed E-state index contributed by atoms with van der Waals surface area (Å²) in [5.74, 6) is -9.13. The van der Waals surface area contributed by atoms with Gasteiger partial charge in [-0.1, -0.05) is 51.1 Å². The van der Waals surface area contributed by atoms with E-state index in [1.807, 2.05) is 51.1 Å². The predicted octanol–water partition coefficient (Wildman–Crippen LogP) is 2.58. The minimum Gasteiger partial charge on any atom is -0.475 e. The van der Waals surface area contributed by atoms with E-state index in [9.17, 15) is 65.8 Å². The van der Waals surface area contributed by atoms with Crippen LogP contribution in [-0.4, -0.2) is 146 Å². The maximum atomic E-state index is 15.1. The minimum atomic E-state index is -5.08. The number of halogens is 5. The second-order valence-corrected chi connectivity index (χ2v) is 19.5. The van der Waals surface area contributed by atoms with Crippen LogP contribution in [0.1, 0.15) is 70.8 Å². The SMILES string of the molecule is C[C@H](NC(=O)CCNC(=O)[C@@H](N)CCN(C(=O)CO)[C@@H](c1nc(-c2cc(F)ccc2F)cn1Cc1ccccc1)C(C)(C)C)C(=O)N[C@@H](CCCNC(N)=O)C(=O)Nc1ccc(NC(=O)CN2C(=O)C=CC2=O)cc1.O=C(O)C(F)(F)F. The molecule has 2 heterocycles. The van der Waals surface area contributed by atoms with Gasteiger partial charge in [-0.05, 0) is 79.6 Å². The van der Waals surface area contributed by atoms with Crippen LogP contribution in [0.15, 0.2) is 91.1 Å². The number of alkyl halides is 3. The maximum Gasteiger partial charge on any atom is 0.490 e. The summed E-state index contributed by atoms with van der Waals surface area (Å²) >= 11 is 0. The number of carbonyl (C=O) groups excluding carboxylic acids is 9. The first-order valence-corrected chi connectivity index (χ1v) is 25.2. The van der Waals surface area contributed by atoms with Crippen molar-refractivity contribution in [3.05, 3.63) is 114 Å². The number of hydrogen-bond donors (Lipinski definition) is 10. The number of aliphatic hydroxyl groups is 1. The Labute approximate surface area is 466 Å². The van der Waals surface area contributed by atoms with E-state index in [2.05, 4.69) is 31.9 Å². The summed E-state index contributed by atoms with van der Waals surface area (Å²) in [7, 11) is 0. The summed E-state index contributed by atoms with van der Waals surface area (Å²) in [5.41, 5.74) is 12.1. The largest absolute Gasteiger partial charge is 0.490 e. The van der Waals surface area contributed by atoms with Crippen molar-refractivity contribution in [3.63, 3.8) is 0 Å². The molecule has 0 bridgehead atoms. The lowest BCUT2D eigenvalue weighted by atomic mass is 9.84. The van der Waals surface area contributed by atoms with Gasteiger partial charge in [0.15, 0.2) is 0 Å². The van der Waals surface area contributed by atoms with Crippen molar-refractivity contribution in [1.82, 2.24) is 40.6 Å². The van der Waals surface area contributed by atoms with Crippen LogP contribution in [0.3, 0.4) is 0 Å². The van der Waals surface area contributed by atoms with Gasteiger partial charge in [0.05, 0.1) is 17.8 Å². The van der Waals surface area contributed by atoms with Crippen LogP contribution in [0.5, 0.6) is 0 Å². The number of nitrogens with one attached hydrogen (secondary N) is 6. The van der Waals surface area contributed by atoms with Crippen molar-refractivity contribution in [2.24, 2.45) is 16.9 Å². The molecule has 4 atom stereocenters. The van der Waals surface area contributed by atoms with Gasteiger partial charge < -0.3 is 63.0 Å². The zero-order chi connectivity index (χ0) is 61.1. The van der Waals surface area contributed by atoms with E-state index < -0.39 is 120 Å². The number of imidazole rings is 1. The summed E-state index contributed by atoms with van der Waals surface area (Å²) in [6.07, 6.45) is -1.57. The van der Waals surface area contributed by atoms with E-state index >= 15 is 4.39 Å². The number of primary amides is 1. The molecule has 0 unspecified atom stereocenters. The lowest BCUT2D eigenvalue weighted by Crippen LogP contribution is -2.52. The number of nitrogens with two attached hydrogens (primary N) is 2. The van der Waals surface area contributed by atoms with Crippen molar-refractivity contribution in [1.29, 1.82) is 0 Å². The zero-order valence-corrected chi connectivity index (χ0v) is 44.9. The van der Waals surface area contributed by atoms with Gasteiger partial charge in [-0.25, -0.2) is 23.4 Å². The summed E-state index contributed by atoms with van der Waals surface area (Å²) in [5, 5.41) is 32.6. The molecule has 4 aromatic rings. The van der Waals surface area contributed by atoms with Gasteiger partial charge in [-0.3, -0.25) is 43.3 Å². The van der Waals surface area contributed by atoms with E-state index in [1.54, 1.807) is 10.8 Å². The van der Waals surface area contributed by atoms with Crippen LogP contribution in [0.25, 0.3) is 11.3 Å². The Morgan fingerprint density at radius 3 is 1.96 bits per heavy atom. The van der Waals surface area contributed by atoms with Crippen LogP contribution in [0, 0.1) is 17.0 Å². The van der Waals surface area contributed by atoms with E-state index in [-0.39, 0.29) is 68.8 Å². The highest BCUT2D eigenvalue weighted by molar-refractivity contribution is 6.15. The Kier molecular flexibility index (Phi) is 23.9. The topological polar surface area (TPSA) is 360 Å². The quantitative estimate of drug-likeness (QED) is 0.0259. The van der Waals surface area contributed by atoms with Gasteiger partial charge in [-0.15, -0.1) is 0 Å². The Balaban J connectivity index is 0.00000193. The number of aliphatic hydroxyl groups excluding tert-OH is 1. The Morgan fingerprint density at radius 2 is 1.39 bits per heavy atom. The molecule has 82 heavy (non-hydrogen) atoms. The maximum absolute atomic E-state index is 15.1. The van der Waals surface area contributed by atoms with Crippen LogP contribution >= 0.6 is 0 Å². The monoisotopic (exact) mass is 1150 g/mol. The number of aromatic nitrogens is 2. The number of carboxylic acids is 1. The van der Waals surface area contributed by atoms with E-state index in [4.69, 9.17) is 26.4 Å². The first-order chi connectivity index (χ1) is 38.5. The molecule has 5 rings (SSSR count). The number of urea groups is 1. The fraction of sp³-hybridized carbons (Fsp3) is 0.377. The third kappa shape index (κ3) is 20.2. The molecule has 0 aliphatic carbocycles. The van der Waals surface area contributed by atoms with Crippen LogP contribution in [0.2, 0.25) is 0 Å². The lowest BCUT2D eigenvalue weighted by Gasteiger charge is -2.40. The summed E-state index contributed by atoms with van der Waals surface area (Å²) < 4.78 is 63.0. The summed E-state index contributed by atoms with van der Waals surface area (Å²) in [4.78, 5) is 130. The minimum absolute atomic E-state index is 0.0297. The number of carboxylic acid groups (broad SMARTS) is 1. The second kappa shape index (κ2) is 29.9. The molecule has 24 nitrogen and oxygen atoms in total. The number of amides is 10. The first kappa shape index (κ1) is 65.4. The highest BCUT2D eigenvalue weighted by Crippen LogP contribution is 2.40. The van der Waals surface area contributed by atoms with Crippen molar-refractivity contribution >= 4 is 70.6 Å². The number of imide groups is 1. The molecule has 0 saturated heterocycles. The second-order valence-electron chi connectivity index (χ2n) is 19.5. The standard InChI is InChI=1S/C51H62F2N12O10.C2HF3O2/c1-30(47(72)62-38(11-8-22-57-50(55)75)49(74)60-34-15-13-33(14-16-34)59-41(68)28-65-42(69)18-19-43(65)70)58-40(67)20-23-56-48(73)37(54)21-24-64(44(71)29-66)45(51(2,3)4)46-61-39(35-25-32(52)12-17-36(35)53)27-63(46)26-31-9-6-5-7-10-31;3-2(4,5)1(6)7/h5-7,9-10,12-19,25,27,30,37-38,45,66H,8,11,20-24,26,28-29,54H2,1-4H3,(H,56,73)(H,58,67)(H,59,68)(H,60,74)(H,62,72)(H3,55,57,75);(H,6,7)/t30-,37-,38-,45-;/m0./s1. The van der Waals surface area contributed by atoms with E-state index in [0.29, 0.717) is 11.5 Å². The van der Waals surface area contributed by atoms with Gasteiger partial charge >= 0.3 is 18.2 Å². The molecule has 0 saturated carbocycles. The highest BCUT2D eigenvalue weighted by atomic mass is 19.4. The number of rotatable bonds is 25. The first-order valence-electron chi connectivity index (χ1n) is 25.2. The third-order valence-corrected chi connectivity index (χ3v) is 12.0. The predicted molar refractivity (Wildman–Crippen MR) is 284 cm³/mol. The summed E-state index contributed by atoms with van der Waals surface area (Å²) in [6.45, 7) is 5.46. The van der Waals surface area contributed by atoms with Crippen molar-refractivity contribution in [3.8, 4) is 11.3 Å². The fourth-order valence-electron chi connectivity index (χ4n) is 7.96. The molecule has 12 N–H and O–H groups in total. The lowest BCUT2D eigenvalue weighted by molar-refractivity contribution is -0.192. The van der Waals surface area contributed by atoms with Gasteiger partial charge in [0.2, 0.25) is 35.4 Å². The molecule has 3 aromatic carbocycles. The molecule has 0 radical (unpaired) electrons. The van der Waals surface area contributed by atoms with E-state index in [0.717, 1.165) is 40.8 Å². The molecular formula is C53H63F5N12O12. The molecule has 1 aliphatic rings. The molecule has 0 spiro atoms. The molecule has 442 valence electrons. The number of nitrogens with zero attached hydrogens (tertiary/aromatic N) is 4.